The van der Waals surface area contributed by atoms with Gasteiger partial charge in [-0.25, -0.2) is 0 Å². The average Bonchev–Trinajstić information content (AvgIpc) is 2.42. The van der Waals surface area contributed by atoms with E-state index in [1.807, 2.05) is 0 Å². The van der Waals surface area contributed by atoms with Crippen molar-refractivity contribution in [2.45, 2.75) is 71.4 Å². The second-order valence-electron chi connectivity index (χ2n) is 6.48. The maximum Gasteiger partial charge on any atom is 0.0325 e. The first-order valence-corrected chi connectivity index (χ1v) is 7.96. The van der Waals surface area contributed by atoms with E-state index in [4.69, 9.17) is 0 Å². The molecule has 1 nitrogen and oxygen atoms in total. The molecule has 0 heterocycles. The predicted octanol–water partition coefficient (Wildman–Crippen LogP) is 5.04. The largest absolute Gasteiger partial charge is 0.307 e. The molecular weight excluding hydrogens is 230 g/mol. The SMILES string of the molecule is CCC(C)CC(C)NC1CCC(C)c2ccccc21. The zero-order chi connectivity index (χ0) is 13.8. The van der Waals surface area contributed by atoms with Crippen molar-refractivity contribution < 1.29 is 0 Å². The minimum absolute atomic E-state index is 0.562. The van der Waals surface area contributed by atoms with E-state index in [0.717, 1.165) is 11.8 Å². The zero-order valence-corrected chi connectivity index (χ0v) is 12.9. The number of fused-ring (bicyclic) bond motifs is 1. The summed E-state index contributed by atoms with van der Waals surface area (Å²) < 4.78 is 0. The number of hydrogen-bond donors (Lipinski definition) is 1. The van der Waals surface area contributed by atoms with Crippen molar-refractivity contribution in [1.82, 2.24) is 5.32 Å². The summed E-state index contributed by atoms with van der Waals surface area (Å²) in [7, 11) is 0. The molecule has 0 amide bonds. The second kappa shape index (κ2) is 6.56. The van der Waals surface area contributed by atoms with Gasteiger partial charge in [0.15, 0.2) is 0 Å². The zero-order valence-electron chi connectivity index (χ0n) is 12.9. The minimum atomic E-state index is 0.562. The summed E-state index contributed by atoms with van der Waals surface area (Å²) in [6.45, 7) is 9.34. The third kappa shape index (κ3) is 3.60. The van der Waals surface area contributed by atoms with E-state index in [-0.39, 0.29) is 0 Å². The van der Waals surface area contributed by atoms with Crippen LogP contribution < -0.4 is 5.32 Å². The quantitative estimate of drug-likeness (QED) is 0.781. The van der Waals surface area contributed by atoms with Crippen molar-refractivity contribution in [3.8, 4) is 0 Å². The van der Waals surface area contributed by atoms with Crippen molar-refractivity contribution in [3.05, 3.63) is 35.4 Å². The highest BCUT2D eigenvalue weighted by Crippen LogP contribution is 2.37. The van der Waals surface area contributed by atoms with Gasteiger partial charge in [0.1, 0.15) is 0 Å². The Labute approximate surface area is 118 Å². The maximum absolute atomic E-state index is 3.86. The highest BCUT2D eigenvalue weighted by molar-refractivity contribution is 5.34. The molecule has 4 atom stereocenters. The molecule has 1 heteroatoms. The summed E-state index contributed by atoms with van der Waals surface area (Å²) in [5, 5.41) is 3.86. The molecule has 0 saturated heterocycles. The molecule has 0 radical (unpaired) electrons. The molecule has 4 unspecified atom stereocenters. The fourth-order valence-electron chi connectivity index (χ4n) is 3.36. The highest BCUT2D eigenvalue weighted by Gasteiger charge is 2.25. The normalized spacial score (nSPS) is 25.7. The van der Waals surface area contributed by atoms with E-state index >= 15 is 0 Å². The minimum Gasteiger partial charge on any atom is -0.307 e. The molecule has 0 aliphatic heterocycles. The van der Waals surface area contributed by atoms with E-state index < -0.39 is 0 Å². The molecule has 2 rings (SSSR count). The topological polar surface area (TPSA) is 12.0 Å². The first kappa shape index (κ1) is 14.6. The van der Waals surface area contributed by atoms with Crippen LogP contribution in [0, 0.1) is 5.92 Å². The molecule has 1 N–H and O–H groups in total. The van der Waals surface area contributed by atoms with Gasteiger partial charge in [-0.05, 0) is 49.1 Å². The Bertz CT molecular complexity index is 398. The van der Waals surface area contributed by atoms with E-state index in [0.29, 0.717) is 12.1 Å². The van der Waals surface area contributed by atoms with Crippen LogP contribution in [0.1, 0.15) is 76.5 Å². The van der Waals surface area contributed by atoms with Gasteiger partial charge < -0.3 is 5.32 Å². The molecule has 1 aliphatic carbocycles. The Morgan fingerprint density at radius 1 is 1.16 bits per heavy atom. The molecule has 0 fully saturated rings. The smallest absolute Gasteiger partial charge is 0.0325 e. The van der Waals surface area contributed by atoms with Gasteiger partial charge in [0, 0.05) is 12.1 Å². The molecule has 1 aromatic carbocycles. The van der Waals surface area contributed by atoms with Crippen molar-refractivity contribution in [1.29, 1.82) is 0 Å². The monoisotopic (exact) mass is 259 g/mol. The van der Waals surface area contributed by atoms with Gasteiger partial charge in [-0.1, -0.05) is 51.5 Å². The van der Waals surface area contributed by atoms with E-state index in [1.54, 1.807) is 5.56 Å². The summed E-state index contributed by atoms with van der Waals surface area (Å²) in [6.07, 6.45) is 5.16. The summed E-state index contributed by atoms with van der Waals surface area (Å²) in [6, 6.07) is 10.2. The van der Waals surface area contributed by atoms with Crippen LogP contribution >= 0.6 is 0 Å². The molecule has 0 saturated carbocycles. The van der Waals surface area contributed by atoms with Crippen LogP contribution in [0.5, 0.6) is 0 Å². The number of hydrogen-bond acceptors (Lipinski definition) is 1. The third-order valence-electron chi connectivity index (χ3n) is 4.73. The van der Waals surface area contributed by atoms with Gasteiger partial charge in [-0.15, -0.1) is 0 Å². The molecule has 0 bridgehead atoms. The first-order chi connectivity index (χ1) is 9.11. The standard InChI is InChI=1S/C18H29N/c1-5-13(2)12-15(4)19-18-11-10-14(3)16-8-6-7-9-17(16)18/h6-9,13-15,18-19H,5,10-12H2,1-4H3. The molecule has 106 valence electrons. The van der Waals surface area contributed by atoms with Crippen molar-refractivity contribution >= 4 is 0 Å². The lowest BCUT2D eigenvalue weighted by Gasteiger charge is -2.33. The van der Waals surface area contributed by atoms with E-state index in [9.17, 15) is 0 Å². The van der Waals surface area contributed by atoms with Gasteiger partial charge in [0.05, 0.1) is 0 Å². The van der Waals surface area contributed by atoms with Crippen LogP contribution in [-0.2, 0) is 0 Å². The Kier molecular flexibility index (Phi) is 5.04. The molecular formula is C18H29N. The lowest BCUT2D eigenvalue weighted by molar-refractivity contribution is 0.345. The van der Waals surface area contributed by atoms with Crippen LogP contribution in [0.3, 0.4) is 0 Å². The first-order valence-electron chi connectivity index (χ1n) is 7.96. The second-order valence-corrected chi connectivity index (χ2v) is 6.48. The highest BCUT2D eigenvalue weighted by atomic mass is 14.9. The summed E-state index contributed by atoms with van der Waals surface area (Å²) in [5.74, 6) is 1.54. The predicted molar refractivity (Wildman–Crippen MR) is 83.5 cm³/mol. The van der Waals surface area contributed by atoms with Crippen molar-refractivity contribution in [3.63, 3.8) is 0 Å². The lowest BCUT2D eigenvalue weighted by atomic mass is 9.80. The molecule has 0 spiro atoms. The van der Waals surface area contributed by atoms with Gasteiger partial charge in [0.25, 0.3) is 0 Å². The number of nitrogens with one attached hydrogen (secondary N) is 1. The van der Waals surface area contributed by atoms with Crippen LogP contribution in [-0.4, -0.2) is 6.04 Å². The Hall–Kier alpha value is -0.820. The molecule has 19 heavy (non-hydrogen) atoms. The van der Waals surface area contributed by atoms with Gasteiger partial charge in [-0.2, -0.15) is 0 Å². The Balaban J connectivity index is 2.04. The van der Waals surface area contributed by atoms with Crippen LogP contribution in [0.2, 0.25) is 0 Å². The third-order valence-corrected chi connectivity index (χ3v) is 4.73. The van der Waals surface area contributed by atoms with Gasteiger partial charge in [0.2, 0.25) is 0 Å². The Morgan fingerprint density at radius 3 is 2.53 bits per heavy atom. The van der Waals surface area contributed by atoms with Crippen molar-refractivity contribution in [2.75, 3.05) is 0 Å². The average molecular weight is 259 g/mol. The number of benzene rings is 1. The molecule has 1 aliphatic rings. The van der Waals surface area contributed by atoms with Crippen LogP contribution in [0.4, 0.5) is 0 Å². The molecule has 1 aromatic rings. The van der Waals surface area contributed by atoms with E-state index in [2.05, 4.69) is 57.3 Å². The van der Waals surface area contributed by atoms with Crippen LogP contribution in [0.25, 0.3) is 0 Å². The van der Waals surface area contributed by atoms with Gasteiger partial charge in [-0.3, -0.25) is 0 Å². The fraction of sp³-hybridized carbons (Fsp3) is 0.667. The summed E-state index contributed by atoms with van der Waals surface area (Å²) in [4.78, 5) is 0. The fourth-order valence-corrected chi connectivity index (χ4v) is 3.36. The number of rotatable bonds is 5. The van der Waals surface area contributed by atoms with Gasteiger partial charge >= 0.3 is 0 Å². The molecule has 0 aromatic heterocycles. The maximum atomic E-state index is 3.86. The Morgan fingerprint density at radius 2 is 1.84 bits per heavy atom. The lowest BCUT2D eigenvalue weighted by Crippen LogP contribution is -2.34. The van der Waals surface area contributed by atoms with Crippen molar-refractivity contribution in [2.24, 2.45) is 5.92 Å². The summed E-state index contributed by atoms with van der Waals surface area (Å²) in [5.41, 5.74) is 3.10. The van der Waals surface area contributed by atoms with Crippen LogP contribution in [0.15, 0.2) is 24.3 Å². The summed E-state index contributed by atoms with van der Waals surface area (Å²) >= 11 is 0. The van der Waals surface area contributed by atoms with E-state index in [1.165, 1.54) is 31.2 Å².